The molecule has 0 unspecified atom stereocenters. The molecule has 7 heteroatoms. The van der Waals surface area contributed by atoms with E-state index in [1.54, 1.807) is 16.8 Å². The van der Waals surface area contributed by atoms with Gasteiger partial charge in [0.15, 0.2) is 5.58 Å². The molecule has 0 radical (unpaired) electrons. The maximum absolute atomic E-state index is 12.3. The lowest BCUT2D eigenvalue weighted by molar-refractivity contribution is -0.116. The Morgan fingerprint density at radius 2 is 2.12 bits per heavy atom. The van der Waals surface area contributed by atoms with Gasteiger partial charge >= 0.3 is 5.76 Å². The van der Waals surface area contributed by atoms with E-state index < -0.39 is 5.76 Å². The summed E-state index contributed by atoms with van der Waals surface area (Å²) in [5, 5.41) is 10.8. The SMILES string of the molecule is O=C1C[C@H](Cn2c(=O)oc3ccccc32)c2cc3cn[nH]c3cc2N1. The molecular weight excluding hydrogens is 320 g/mol. The van der Waals surface area contributed by atoms with Gasteiger partial charge in [0.2, 0.25) is 5.91 Å². The van der Waals surface area contributed by atoms with Crippen molar-refractivity contribution in [1.29, 1.82) is 0 Å². The Balaban J connectivity index is 1.63. The van der Waals surface area contributed by atoms with Crippen LogP contribution in [0.25, 0.3) is 22.0 Å². The van der Waals surface area contributed by atoms with Crippen LogP contribution in [0, 0.1) is 0 Å². The van der Waals surface area contributed by atoms with Gasteiger partial charge < -0.3 is 9.73 Å². The zero-order valence-corrected chi connectivity index (χ0v) is 13.2. The Bertz CT molecular complexity index is 1180. The van der Waals surface area contributed by atoms with Crippen LogP contribution in [-0.2, 0) is 11.3 Å². The molecule has 0 saturated carbocycles. The first-order valence-electron chi connectivity index (χ1n) is 8.04. The number of rotatable bonds is 2. The van der Waals surface area contributed by atoms with Crippen LogP contribution in [0.3, 0.4) is 0 Å². The van der Waals surface area contributed by atoms with Gasteiger partial charge in [-0.05, 0) is 29.8 Å². The van der Waals surface area contributed by atoms with E-state index in [4.69, 9.17) is 4.42 Å². The fourth-order valence-electron chi connectivity index (χ4n) is 3.56. The highest BCUT2D eigenvalue weighted by Gasteiger charge is 2.27. The zero-order chi connectivity index (χ0) is 17.0. The number of H-pyrrole nitrogens is 1. The fraction of sp³-hybridized carbons (Fsp3) is 0.167. The second-order valence-electron chi connectivity index (χ2n) is 6.29. The summed E-state index contributed by atoms with van der Waals surface area (Å²) < 4.78 is 6.90. The predicted molar refractivity (Wildman–Crippen MR) is 92.6 cm³/mol. The molecule has 124 valence electrons. The molecule has 0 fully saturated rings. The first kappa shape index (κ1) is 14.0. The van der Waals surface area contributed by atoms with Crippen molar-refractivity contribution in [2.45, 2.75) is 18.9 Å². The van der Waals surface area contributed by atoms with Crippen LogP contribution < -0.4 is 11.1 Å². The molecule has 0 spiro atoms. The van der Waals surface area contributed by atoms with Gasteiger partial charge in [-0.2, -0.15) is 5.10 Å². The van der Waals surface area contributed by atoms with Gasteiger partial charge in [0, 0.05) is 30.0 Å². The summed E-state index contributed by atoms with van der Waals surface area (Å²) in [6, 6.07) is 11.2. The number of aromatic amines is 1. The van der Waals surface area contributed by atoms with Crippen LogP contribution in [0.5, 0.6) is 0 Å². The van der Waals surface area contributed by atoms with Crippen molar-refractivity contribution in [1.82, 2.24) is 14.8 Å². The van der Waals surface area contributed by atoms with E-state index in [0.29, 0.717) is 18.5 Å². The standard InChI is InChI=1S/C18H14N4O3/c23-17-6-11(9-22-15-3-1-2-4-16(15)25-18(22)24)12-5-10-8-19-21-13(10)7-14(12)20-17/h1-5,7-8,11H,6,9H2,(H,19,21)(H,20,23)/t11-/m1/s1. The summed E-state index contributed by atoms with van der Waals surface area (Å²) in [6.07, 6.45) is 2.07. The third-order valence-electron chi connectivity index (χ3n) is 4.73. The van der Waals surface area contributed by atoms with Crippen molar-refractivity contribution >= 4 is 33.6 Å². The van der Waals surface area contributed by atoms with E-state index in [2.05, 4.69) is 15.5 Å². The minimum Gasteiger partial charge on any atom is -0.408 e. The first-order chi connectivity index (χ1) is 12.2. The maximum Gasteiger partial charge on any atom is 0.419 e. The van der Waals surface area contributed by atoms with Crippen LogP contribution in [0.2, 0.25) is 0 Å². The van der Waals surface area contributed by atoms with Gasteiger partial charge in [0.25, 0.3) is 0 Å². The molecule has 0 bridgehead atoms. The summed E-state index contributed by atoms with van der Waals surface area (Å²) in [4.78, 5) is 24.4. The van der Waals surface area contributed by atoms with E-state index in [1.165, 1.54) is 0 Å². The number of oxazole rings is 1. The maximum atomic E-state index is 12.3. The molecule has 25 heavy (non-hydrogen) atoms. The van der Waals surface area contributed by atoms with Gasteiger partial charge in [-0.3, -0.25) is 14.5 Å². The number of amides is 1. The topological polar surface area (TPSA) is 92.9 Å². The van der Waals surface area contributed by atoms with Gasteiger partial charge in [-0.1, -0.05) is 12.1 Å². The number of hydrogen-bond acceptors (Lipinski definition) is 4. The number of anilines is 1. The fourth-order valence-corrected chi connectivity index (χ4v) is 3.56. The van der Waals surface area contributed by atoms with E-state index in [9.17, 15) is 9.59 Å². The number of para-hydroxylation sites is 2. The third kappa shape index (κ3) is 2.16. The van der Waals surface area contributed by atoms with E-state index >= 15 is 0 Å². The molecule has 5 rings (SSSR count). The Kier molecular flexibility index (Phi) is 2.85. The van der Waals surface area contributed by atoms with Gasteiger partial charge in [-0.25, -0.2) is 4.79 Å². The number of carbonyl (C=O) groups is 1. The number of aromatic nitrogens is 3. The minimum absolute atomic E-state index is 0.0581. The average Bonchev–Trinajstić information content (AvgIpc) is 3.17. The molecule has 2 N–H and O–H groups in total. The van der Waals surface area contributed by atoms with Crippen LogP contribution in [0.15, 0.2) is 51.8 Å². The number of fused-ring (bicyclic) bond motifs is 3. The highest BCUT2D eigenvalue weighted by atomic mass is 16.4. The summed E-state index contributed by atoms with van der Waals surface area (Å²) in [5.74, 6) is -0.572. The molecule has 1 aliphatic heterocycles. The number of hydrogen-bond donors (Lipinski definition) is 2. The molecule has 4 aromatic rings. The lowest BCUT2D eigenvalue weighted by Crippen LogP contribution is -2.27. The van der Waals surface area contributed by atoms with E-state index in [-0.39, 0.29) is 11.8 Å². The quantitative estimate of drug-likeness (QED) is 0.589. The van der Waals surface area contributed by atoms with Crippen LogP contribution in [0.4, 0.5) is 5.69 Å². The lowest BCUT2D eigenvalue weighted by atomic mass is 9.89. The molecule has 7 nitrogen and oxygen atoms in total. The molecule has 2 aromatic carbocycles. The second kappa shape index (κ2) is 5.07. The Morgan fingerprint density at radius 3 is 3.04 bits per heavy atom. The summed E-state index contributed by atoms with van der Waals surface area (Å²) in [7, 11) is 0. The molecule has 0 aliphatic carbocycles. The monoisotopic (exact) mass is 334 g/mol. The number of nitrogens with one attached hydrogen (secondary N) is 2. The Morgan fingerprint density at radius 1 is 1.24 bits per heavy atom. The van der Waals surface area contributed by atoms with Crippen LogP contribution in [-0.4, -0.2) is 20.7 Å². The van der Waals surface area contributed by atoms with Crippen LogP contribution >= 0.6 is 0 Å². The lowest BCUT2D eigenvalue weighted by Gasteiger charge is -2.25. The van der Waals surface area contributed by atoms with Crippen molar-refractivity contribution in [3.63, 3.8) is 0 Å². The van der Waals surface area contributed by atoms with Gasteiger partial charge in [-0.15, -0.1) is 0 Å². The van der Waals surface area contributed by atoms with Gasteiger partial charge in [0.05, 0.1) is 17.2 Å². The van der Waals surface area contributed by atoms with Crippen molar-refractivity contribution in [2.24, 2.45) is 0 Å². The molecule has 2 aromatic heterocycles. The van der Waals surface area contributed by atoms with Crippen molar-refractivity contribution < 1.29 is 9.21 Å². The normalized spacial score (nSPS) is 17.0. The number of benzene rings is 2. The van der Waals surface area contributed by atoms with Crippen LogP contribution in [0.1, 0.15) is 17.9 Å². The number of carbonyl (C=O) groups excluding carboxylic acids is 1. The molecule has 1 atom stereocenters. The highest BCUT2D eigenvalue weighted by molar-refractivity contribution is 5.98. The average molecular weight is 334 g/mol. The number of nitrogens with zero attached hydrogens (tertiary/aromatic N) is 2. The van der Waals surface area contributed by atoms with Gasteiger partial charge in [0.1, 0.15) is 0 Å². The Labute approximate surface area is 141 Å². The third-order valence-corrected chi connectivity index (χ3v) is 4.73. The van der Waals surface area contributed by atoms with Crippen molar-refractivity contribution in [3.8, 4) is 0 Å². The smallest absolute Gasteiger partial charge is 0.408 e. The Hall–Kier alpha value is -3.35. The van der Waals surface area contributed by atoms with E-state index in [1.807, 2.05) is 30.3 Å². The molecule has 1 aliphatic rings. The molecule has 0 saturated heterocycles. The van der Waals surface area contributed by atoms with E-state index in [0.717, 1.165) is 27.7 Å². The predicted octanol–water partition coefficient (Wildman–Crippen LogP) is 2.60. The molecule has 3 heterocycles. The summed E-state index contributed by atoms with van der Waals surface area (Å²) in [6.45, 7) is 0.389. The molecular formula is C18H14N4O3. The minimum atomic E-state index is -0.405. The summed E-state index contributed by atoms with van der Waals surface area (Å²) >= 11 is 0. The highest BCUT2D eigenvalue weighted by Crippen LogP contribution is 2.36. The zero-order valence-electron chi connectivity index (χ0n) is 13.2. The molecule has 1 amide bonds. The largest absolute Gasteiger partial charge is 0.419 e. The van der Waals surface area contributed by atoms with Crippen molar-refractivity contribution in [3.05, 3.63) is 58.7 Å². The van der Waals surface area contributed by atoms with Crippen molar-refractivity contribution in [2.75, 3.05) is 5.32 Å². The summed E-state index contributed by atoms with van der Waals surface area (Å²) in [5.41, 5.74) is 3.93. The second-order valence-corrected chi connectivity index (χ2v) is 6.29. The first-order valence-corrected chi connectivity index (χ1v) is 8.04.